The molecular weight excluding hydrogens is 394 g/mol. The summed E-state index contributed by atoms with van der Waals surface area (Å²) in [6.07, 6.45) is -0.191. The van der Waals surface area contributed by atoms with Crippen LogP contribution in [0, 0.1) is 6.92 Å². The van der Waals surface area contributed by atoms with Gasteiger partial charge < -0.3 is 4.74 Å². The van der Waals surface area contributed by atoms with Crippen molar-refractivity contribution >= 4 is 17.2 Å². The molecule has 1 unspecified atom stereocenters. The Balaban J connectivity index is 1.77. The van der Waals surface area contributed by atoms with Gasteiger partial charge in [-0.2, -0.15) is 5.10 Å². The maximum Gasteiger partial charge on any atom is 0.157 e. The Morgan fingerprint density at radius 2 is 1.60 bits per heavy atom. The Morgan fingerprint density at radius 3 is 2.30 bits per heavy atom. The molecule has 2 aromatic heterocycles. The molecule has 0 saturated heterocycles. The Labute approximate surface area is 182 Å². The van der Waals surface area contributed by atoms with Crippen molar-refractivity contribution in [2.75, 3.05) is 0 Å². The minimum Gasteiger partial charge on any atom is -0.368 e. The highest BCUT2D eigenvalue weighted by molar-refractivity contribution is 6.30. The fourth-order valence-corrected chi connectivity index (χ4v) is 4.19. The molecule has 2 aromatic carbocycles. The number of rotatable bonds is 4. The zero-order valence-electron chi connectivity index (χ0n) is 18.0. The van der Waals surface area contributed by atoms with Gasteiger partial charge in [0, 0.05) is 22.9 Å². The van der Waals surface area contributed by atoms with Crippen LogP contribution in [-0.2, 0) is 4.74 Å². The lowest BCUT2D eigenvalue weighted by Gasteiger charge is -2.26. The number of benzene rings is 2. The topological polar surface area (TPSA) is 39.4 Å². The molecule has 0 fully saturated rings. The van der Waals surface area contributed by atoms with Crippen molar-refractivity contribution in [3.8, 4) is 22.4 Å². The highest BCUT2D eigenvalue weighted by Crippen LogP contribution is 2.33. The monoisotopic (exact) mass is 419 g/mol. The van der Waals surface area contributed by atoms with Crippen LogP contribution in [0.15, 0.2) is 60.7 Å². The summed E-state index contributed by atoms with van der Waals surface area (Å²) < 4.78 is 7.83. The van der Waals surface area contributed by atoms with Crippen molar-refractivity contribution < 1.29 is 4.74 Å². The molecule has 5 heteroatoms. The Morgan fingerprint density at radius 1 is 0.933 bits per heavy atom. The molecule has 0 aliphatic carbocycles. The highest BCUT2D eigenvalue weighted by atomic mass is 35.5. The Hall–Kier alpha value is -2.69. The van der Waals surface area contributed by atoms with Gasteiger partial charge in [0.1, 0.15) is 5.15 Å². The quantitative estimate of drug-likeness (QED) is 0.337. The zero-order valence-corrected chi connectivity index (χ0v) is 18.7. The van der Waals surface area contributed by atoms with Crippen LogP contribution in [-0.4, -0.2) is 20.2 Å². The zero-order chi connectivity index (χ0) is 21.5. The van der Waals surface area contributed by atoms with Gasteiger partial charge in [0.2, 0.25) is 0 Å². The van der Waals surface area contributed by atoms with Crippen LogP contribution in [0.2, 0.25) is 5.15 Å². The molecule has 4 nitrogen and oxygen atoms in total. The predicted molar refractivity (Wildman–Crippen MR) is 123 cm³/mol. The normalized spacial score (nSPS) is 13.0. The number of fused-ring (bicyclic) bond motifs is 1. The molecule has 0 aliphatic rings. The van der Waals surface area contributed by atoms with Gasteiger partial charge in [-0.1, -0.05) is 60.1 Å². The first kappa shape index (κ1) is 20.6. The van der Waals surface area contributed by atoms with Crippen molar-refractivity contribution in [2.24, 2.45) is 0 Å². The molecule has 4 aromatic rings. The summed E-state index contributed by atoms with van der Waals surface area (Å²) in [7, 11) is 0. The average Bonchev–Trinajstić information content (AvgIpc) is 3.12. The molecule has 0 radical (unpaired) electrons. The summed E-state index contributed by atoms with van der Waals surface area (Å²) in [5, 5.41) is 5.31. The smallest absolute Gasteiger partial charge is 0.157 e. The fraction of sp³-hybridized carbons (Fsp3) is 0.280. The molecule has 30 heavy (non-hydrogen) atoms. The first-order valence-corrected chi connectivity index (χ1v) is 10.5. The van der Waals surface area contributed by atoms with E-state index in [0.717, 1.165) is 33.7 Å². The van der Waals surface area contributed by atoms with Crippen LogP contribution < -0.4 is 0 Å². The van der Waals surface area contributed by atoms with Crippen molar-refractivity contribution in [1.29, 1.82) is 0 Å². The van der Waals surface area contributed by atoms with Crippen molar-refractivity contribution in [3.05, 3.63) is 77.1 Å². The average molecular weight is 420 g/mol. The summed E-state index contributed by atoms with van der Waals surface area (Å²) in [6, 6.07) is 20.6. The summed E-state index contributed by atoms with van der Waals surface area (Å²) in [6.45, 7) is 10.1. The minimum absolute atomic E-state index is 0.191. The SMILES string of the molecule is Cc1nc2cc(-c3cccc(-c4ccccc4)c3)nn2c(Cl)c1C(C)OC(C)(C)C. The number of halogens is 1. The number of aryl methyl sites for hydroxylation is 1. The summed E-state index contributed by atoms with van der Waals surface area (Å²) in [5.74, 6) is 0. The van der Waals surface area contributed by atoms with Gasteiger partial charge in [-0.05, 0) is 51.8 Å². The lowest BCUT2D eigenvalue weighted by Crippen LogP contribution is -2.22. The molecule has 0 spiro atoms. The molecule has 154 valence electrons. The number of ether oxygens (including phenoxy) is 1. The predicted octanol–water partition coefficient (Wildman–Crippen LogP) is 6.90. The van der Waals surface area contributed by atoms with Gasteiger partial charge in [0.05, 0.1) is 17.4 Å². The van der Waals surface area contributed by atoms with Gasteiger partial charge in [-0.3, -0.25) is 0 Å². The minimum atomic E-state index is -0.280. The largest absolute Gasteiger partial charge is 0.368 e. The molecule has 1 atom stereocenters. The van der Waals surface area contributed by atoms with Gasteiger partial charge >= 0.3 is 0 Å². The third kappa shape index (κ3) is 4.11. The van der Waals surface area contributed by atoms with Crippen molar-refractivity contribution in [3.63, 3.8) is 0 Å². The third-order valence-electron chi connectivity index (χ3n) is 4.97. The molecule has 0 amide bonds. The molecule has 0 N–H and O–H groups in total. The summed E-state index contributed by atoms with van der Waals surface area (Å²) in [4.78, 5) is 4.75. The van der Waals surface area contributed by atoms with E-state index in [1.165, 1.54) is 5.56 Å². The second-order valence-electron chi connectivity index (χ2n) is 8.52. The van der Waals surface area contributed by atoms with Crippen LogP contribution >= 0.6 is 11.6 Å². The molecule has 4 rings (SSSR count). The standard InChI is InChI=1S/C25H26ClN3O/c1-16-23(17(2)30-25(3,4)5)24(26)29-22(27-16)15-21(28-29)20-13-9-12-19(14-20)18-10-7-6-8-11-18/h6-15,17H,1-5H3. The van der Waals surface area contributed by atoms with Crippen LogP contribution in [0.3, 0.4) is 0 Å². The van der Waals surface area contributed by atoms with Crippen LogP contribution in [0.5, 0.6) is 0 Å². The van der Waals surface area contributed by atoms with Gasteiger partial charge in [-0.15, -0.1) is 0 Å². The number of hydrogen-bond acceptors (Lipinski definition) is 3. The van der Waals surface area contributed by atoms with Crippen molar-refractivity contribution in [2.45, 2.75) is 46.3 Å². The third-order valence-corrected chi connectivity index (χ3v) is 5.34. The van der Waals surface area contributed by atoms with Gasteiger partial charge in [-0.25, -0.2) is 9.50 Å². The van der Waals surface area contributed by atoms with E-state index in [4.69, 9.17) is 26.4 Å². The van der Waals surface area contributed by atoms with E-state index in [0.29, 0.717) is 5.15 Å². The molecule has 0 saturated carbocycles. The number of hydrogen-bond donors (Lipinski definition) is 0. The van der Waals surface area contributed by atoms with Crippen LogP contribution in [0.1, 0.15) is 45.1 Å². The Bertz CT molecular complexity index is 1190. The lowest BCUT2D eigenvalue weighted by atomic mass is 10.0. The first-order chi connectivity index (χ1) is 14.2. The molecule has 0 aliphatic heterocycles. The number of nitrogens with zero attached hydrogens (tertiary/aromatic N) is 3. The van der Waals surface area contributed by atoms with E-state index < -0.39 is 0 Å². The van der Waals surface area contributed by atoms with E-state index in [-0.39, 0.29) is 11.7 Å². The van der Waals surface area contributed by atoms with Crippen molar-refractivity contribution in [1.82, 2.24) is 14.6 Å². The second kappa shape index (κ2) is 7.86. The Kier molecular flexibility index (Phi) is 5.39. The van der Waals surface area contributed by atoms with E-state index in [9.17, 15) is 0 Å². The fourth-order valence-electron chi connectivity index (χ4n) is 3.77. The molecule has 2 heterocycles. The van der Waals surface area contributed by atoms with Crippen LogP contribution in [0.25, 0.3) is 28.0 Å². The van der Waals surface area contributed by atoms with E-state index in [1.807, 2.05) is 65.0 Å². The maximum absolute atomic E-state index is 6.78. The lowest BCUT2D eigenvalue weighted by molar-refractivity contribution is -0.0534. The van der Waals surface area contributed by atoms with E-state index in [2.05, 4.69) is 30.3 Å². The maximum atomic E-state index is 6.78. The van der Waals surface area contributed by atoms with E-state index in [1.54, 1.807) is 4.52 Å². The summed E-state index contributed by atoms with van der Waals surface area (Å²) >= 11 is 6.78. The highest BCUT2D eigenvalue weighted by Gasteiger charge is 2.23. The number of aromatic nitrogens is 3. The van der Waals surface area contributed by atoms with E-state index >= 15 is 0 Å². The molecule has 0 bridgehead atoms. The second-order valence-corrected chi connectivity index (χ2v) is 8.88. The first-order valence-electron chi connectivity index (χ1n) is 10.1. The van der Waals surface area contributed by atoms with Crippen LogP contribution in [0.4, 0.5) is 0 Å². The molecular formula is C25H26ClN3O. The summed E-state index contributed by atoms with van der Waals surface area (Å²) in [5.41, 5.74) is 6.35. The van der Waals surface area contributed by atoms with Gasteiger partial charge in [0.15, 0.2) is 5.65 Å². The van der Waals surface area contributed by atoms with Gasteiger partial charge in [0.25, 0.3) is 0 Å².